The van der Waals surface area contributed by atoms with Crippen molar-refractivity contribution >= 4 is 44.6 Å². The van der Waals surface area contributed by atoms with Crippen molar-refractivity contribution < 1.29 is 58.4 Å². The summed E-state index contributed by atoms with van der Waals surface area (Å²) in [6.45, 7) is 0. The van der Waals surface area contributed by atoms with E-state index in [9.17, 15) is 48.9 Å². The molecule has 206 valence electrons. The van der Waals surface area contributed by atoms with Gasteiger partial charge in [0.15, 0.2) is 0 Å². The fourth-order valence-electron chi connectivity index (χ4n) is 6.25. The fourth-order valence-corrected chi connectivity index (χ4v) is 7.60. The summed E-state index contributed by atoms with van der Waals surface area (Å²) in [5.41, 5.74) is -7.46. The van der Waals surface area contributed by atoms with Crippen LogP contribution in [0.1, 0.15) is 48.9 Å². The van der Waals surface area contributed by atoms with E-state index in [4.69, 9.17) is 4.74 Å². The van der Waals surface area contributed by atoms with Gasteiger partial charge in [0.25, 0.3) is 0 Å². The molecule has 0 aromatic heterocycles. The first kappa shape index (κ1) is 28.4. The Morgan fingerprint density at radius 1 is 0.973 bits per heavy atom. The number of halogens is 7. The molecule has 0 aliphatic heterocycles. The van der Waals surface area contributed by atoms with E-state index in [1.807, 2.05) is 0 Å². The van der Waals surface area contributed by atoms with E-state index < -0.39 is 62.5 Å². The van der Waals surface area contributed by atoms with Gasteiger partial charge in [0.1, 0.15) is 11.3 Å². The summed E-state index contributed by atoms with van der Waals surface area (Å²) in [4.78, 5) is 26.0. The Morgan fingerprint density at radius 2 is 1.46 bits per heavy atom. The highest BCUT2D eigenvalue weighted by Gasteiger charge is 2.75. The highest BCUT2D eigenvalue weighted by Crippen LogP contribution is 2.60. The van der Waals surface area contributed by atoms with E-state index in [2.05, 4.69) is 4.74 Å². The van der Waals surface area contributed by atoms with E-state index >= 15 is 0 Å². The number of alkyl halides is 6. The molecule has 0 heterocycles. The number of carbonyl (C=O) groups excluding carboxylic acids is 2. The molecule has 0 unspecified atom stereocenters. The second-order valence-corrected chi connectivity index (χ2v) is 12.8. The Hall–Kier alpha value is -1.62. The van der Waals surface area contributed by atoms with Crippen molar-refractivity contribution in [3.8, 4) is 5.75 Å². The Balaban J connectivity index is 1.67. The number of hydrogen-bond donors (Lipinski definition) is 0. The van der Waals surface area contributed by atoms with Crippen molar-refractivity contribution in [1.29, 1.82) is 0 Å². The zero-order valence-electron chi connectivity index (χ0n) is 18.8. The molecule has 4 fully saturated rings. The van der Waals surface area contributed by atoms with Gasteiger partial charge in [-0.05, 0) is 97.1 Å². The number of carbonyl (C=O) groups is 2. The summed E-state index contributed by atoms with van der Waals surface area (Å²) in [5.74, 6) is -5.80. The van der Waals surface area contributed by atoms with E-state index in [0.29, 0.717) is 40.6 Å². The molecule has 7 nitrogen and oxygen atoms in total. The normalized spacial score (nSPS) is 27.7. The van der Waals surface area contributed by atoms with Crippen LogP contribution in [0.2, 0.25) is 0 Å². The van der Waals surface area contributed by atoms with Crippen LogP contribution in [0.4, 0.5) is 26.3 Å². The molecule has 1 aromatic rings. The second-order valence-electron chi connectivity index (χ2n) is 10.1. The molecule has 4 bridgehead atoms. The lowest BCUT2D eigenvalue weighted by molar-refractivity contribution is -0.356. The van der Waals surface area contributed by atoms with Crippen LogP contribution in [0.5, 0.6) is 5.75 Å². The summed E-state index contributed by atoms with van der Waals surface area (Å²) in [6.07, 6.45) is -8.49. The van der Waals surface area contributed by atoms with Crippen LogP contribution < -0.4 is 4.74 Å². The lowest BCUT2D eigenvalue weighted by atomic mass is 9.49. The predicted octanol–water partition coefficient (Wildman–Crippen LogP) is 4.98. The molecular formula is C22H20F6IO7S-. The standard InChI is InChI=1S/C22H21F6IO7S/c23-21(24,25)20(22(26,27)28,10-37(32,33)34)36-17(30)15-2-1-14(29)6-16(15)35-18(31)19-7-11-3-12(8-19)5-13(4-11)9-19/h1-2,6,11-13H,3-5,7-10H2,(H,32,33,34)/p-1. The van der Waals surface area contributed by atoms with Gasteiger partial charge in [0.05, 0.1) is 21.3 Å². The third kappa shape index (κ3) is 5.44. The number of esters is 2. The Bertz CT molecular complexity index is 1160. The van der Waals surface area contributed by atoms with Gasteiger partial charge in [-0.1, -0.05) is 0 Å². The molecule has 0 amide bonds. The fraction of sp³-hybridized carbons (Fsp3) is 0.636. The second kappa shape index (κ2) is 9.24. The molecule has 5 rings (SSSR count). The average molecular weight is 669 g/mol. The molecule has 4 aliphatic carbocycles. The monoisotopic (exact) mass is 669 g/mol. The average Bonchev–Trinajstić information content (AvgIpc) is 2.69. The van der Waals surface area contributed by atoms with Crippen molar-refractivity contribution in [1.82, 2.24) is 0 Å². The lowest BCUT2D eigenvalue weighted by Gasteiger charge is -2.55. The maximum Gasteiger partial charge on any atom is 0.438 e. The van der Waals surface area contributed by atoms with Gasteiger partial charge in [-0.25, -0.2) is 13.2 Å². The minimum atomic E-state index is -6.52. The molecular weight excluding hydrogens is 649 g/mol. The van der Waals surface area contributed by atoms with Crippen LogP contribution in [-0.2, 0) is 19.6 Å². The van der Waals surface area contributed by atoms with Crippen molar-refractivity contribution in [2.45, 2.75) is 56.5 Å². The van der Waals surface area contributed by atoms with E-state index in [0.717, 1.165) is 37.5 Å². The maximum absolute atomic E-state index is 13.6. The minimum absolute atomic E-state index is 0.312. The Kier molecular flexibility index (Phi) is 7.09. The molecule has 4 aliphatic rings. The maximum atomic E-state index is 13.6. The largest absolute Gasteiger partial charge is 0.748 e. The van der Waals surface area contributed by atoms with Crippen LogP contribution in [0.25, 0.3) is 0 Å². The van der Waals surface area contributed by atoms with Gasteiger partial charge in [0.2, 0.25) is 0 Å². The number of rotatable bonds is 6. The minimum Gasteiger partial charge on any atom is -0.748 e. The van der Waals surface area contributed by atoms with Crippen LogP contribution in [0, 0.1) is 26.7 Å². The van der Waals surface area contributed by atoms with Crippen molar-refractivity contribution in [3.63, 3.8) is 0 Å². The molecule has 0 atom stereocenters. The van der Waals surface area contributed by atoms with E-state index in [-0.39, 0.29) is 0 Å². The first-order valence-corrected chi connectivity index (χ1v) is 13.8. The smallest absolute Gasteiger partial charge is 0.438 e. The van der Waals surface area contributed by atoms with Crippen LogP contribution in [-0.4, -0.2) is 48.6 Å². The first-order valence-electron chi connectivity index (χ1n) is 11.2. The van der Waals surface area contributed by atoms with Gasteiger partial charge in [-0.2, -0.15) is 26.3 Å². The Labute approximate surface area is 221 Å². The quantitative estimate of drug-likeness (QED) is 0.138. The third-order valence-electron chi connectivity index (χ3n) is 7.40. The molecule has 1 aromatic carbocycles. The van der Waals surface area contributed by atoms with Crippen molar-refractivity contribution in [2.24, 2.45) is 23.2 Å². The van der Waals surface area contributed by atoms with Crippen LogP contribution >= 0.6 is 22.6 Å². The third-order valence-corrected chi connectivity index (χ3v) is 8.83. The zero-order chi connectivity index (χ0) is 27.6. The highest BCUT2D eigenvalue weighted by molar-refractivity contribution is 14.1. The molecule has 4 saturated carbocycles. The molecule has 0 radical (unpaired) electrons. The van der Waals surface area contributed by atoms with Gasteiger partial charge >= 0.3 is 29.9 Å². The van der Waals surface area contributed by atoms with Gasteiger partial charge in [-0.3, -0.25) is 4.79 Å². The number of ether oxygens (including phenoxy) is 2. The van der Waals surface area contributed by atoms with Crippen molar-refractivity contribution in [3.05, 3.63) is 27.3 Å². The Morgan fingerprint density at radius 3 is 1.89 bits per heavy atom. The van der Waals surface area contributed by atoms with Crippen LogP contribution in [0.3, 0.4) is 0 Å². The van der Waals surface area contributed by atoms with Crippen LogP contribution in [0.15, 0.2) is 18.2 Å². The lowest BCUT2D eigenvalue weighted by Crippen LogP contribution is -2.63. The summed E-state index contributed by atoms with van der Waals surface area (Å²) in [5, 5.41) is 0. The topological polar surface area (TPSA) is 110 Å². The highest BCUT2D eigenvalue weighted by atomic mass is 127. The summed E-state index contributed by atoms with van der Waals surface area (Å²) in [6, 6.07) is 3.02. The SMILES string of the molecule is O=C(OC(CS(=O)(=O)[O-])(C(F)(F)F)C(F)(F)F)c1ccc(I)cc1OC(=O)C12CC3CC(CC(C3)C1)C2. The summed E-state index contributed by atoms with van der Waals surface area (Å²) >= 11 is 1.73. The summed E-state index contributed by atoms with van der Waals surface area (Å²) < 4.78 is 124. The molecule has 15 heteroatoms. The molecule has 0 saturated heterocycles. The predicted molar refractivity (Wildman–Crippen MR) is 120 cm³/mol. The summed E-state index contributed by atoms with van der Waals surface area (Å²) in [7, 11) is -6.19. The van der Waals surface area contributed by atoms with Gasteiger partial charge in [-0.15, -0.1) is 0 Å². The van der Waals surface area contributed by atoms with E-state index in [1.54, 1.807) is 22.6 Å². The number of benzene rings is 1. The molecule has 0 spiro atoms. The molecule has 37 heavy (non-hydrogen) atoms. The van der Waals surface area contributed by atoms with Crippen molar-refractivity contribution in [2.75, 3.05) is 5.75 Å². The van der Waals surface area contributed by atoms with E-state index in [1.165, 1.54) is 0 Å². The molecule has 0 N–H and O–H groups in total. The van der Waals surface area contributed by atoms with Gasteiger partial charge in [0, 0.05) is 3.57 Å². The first-order chi connectivity index (χ1) is 16.8. The number of hydrogen-bond acceptors (Lipinski definition) is 7. The van der Waals surface area contributed by atoms with Gasteiger partial charge < -0.3 is 14.0 Å². The zero-order valence-corrected chi connectivity index (χ0v) is 21.8.